The van der Waals surface area contributed by atoms with Crippen molar-refractivity contribution in [3.05, 3.63) is 59.4 Å². The molecule has 0 radical (unpaired) electrons. The number of sulfonamides is 1. The second-order valence-electron chi connectivity index (χ2n) is 8.65. The number of carbonyl (C=O) groups is 1. The van der Waals surface area contributed by atoms with Gasteiger partial charge in [-0.1, -0.05) is 32.0 Å². The molecule has 186 valence electrons. The summed E-state index contributed by atoms with van der Waals surface area (Å²) < 4.78 is 40.3. The number of amides is 1. The zero-order chi connectivity index (χ0) is 24.7. The molecule has 7 nitrogen and oxygen atoms in total. The Bertz CT molecular complexity index is 1070. The Kier molecular flexibility index (Phi) is 9.18. The number of anilines is 1. The minimum atomic E-state index is -3.60. The number of rotatable bonds is 9. The van der Waals surface area contributed by atoms with Gasteiger partial charge in [-0.05, 0) is 61.8 Å². The topological polar surface area (TPSA) is 73.0 Å². The van der Waals surface area contributed by atoms with E-state index >= 15 is 0 Å². The van der Waals surface area contributed by atoms with Crippen molar-refractivity contribution in [1.82, 2.24) is 14.1 Å². The highest BCUT2D eigenvalue weighted by molar-refractivity contribution is 7.89. The largest absolute Gasteiger partial charge is 0.325 e. The monoisotopic (exact) mass is 490 g/mol. The molecule has 0 atom stereocenters. The maximum Gasteiger partial charge on any atom is 0.243 e. The van der Waals surface area contributed by atoms with Gasteiger partial charge in [-0.15, -0.1) is 0 Å². The molecule has 1 fully saturated rings. The molecule has 0 saturated carbocycles. The van der Waals surface area contributed by atoms with Crippen LogP contribution in [0.25, 0.3) is 0 Å². The van der Waals surface area contributed by atoms with Gasteiger partial charge in [-0.3, -0.25) is 14.6 Å². The predicted molar refractivity (Wildman–Crippen MR) is 133 cm³/mol. The molecule has 0 bridgehead atoms. The van der Waals surface area contributed by atoms with Crippen molar-refractivity contribution in [3.8, 4) is 0 Å². The van der Waals surface area contributed by atoms with Crippen molar-refractivity contribution in [1.29, 1.82) is 0 Å². The standard InChI is InChI=1S/C25H35FN4O3S/c1-4-30(5-2)34(32,33)23-12-7-20(3)24(17-23)27-25(31)19-29-14-6-13-28(15-16-29)18-21-8-10-22(26)11-9-21/h7-12,17H,4-6,13-16,18-19H2,1-3H3,(H,27,31). The third kappa shape index (κ3) is 6.85. The first-order valence-electron chi connectivity index (χ1n) is 11.8. The van der Waals surface area contributed by atoms with E-state index in [-0.39, 0.29) is 23.2 Å². The van der Waals surface area contributed by atoms with Gasteiger partial charge < -0.3 is 5.32 Å². The van der Waals surface area contributed by atoms with E-state index in [0.29, 0.717) is 18.8 Å². The lowest BCUT2D eigenvalue weighted by Gasteiger charge is -2.22. The summed E-state index contributed by atoms with van der Waals surface area (Å²) in [5.41, 5.74) is 2.40. The molecule has 0 spiro atoms. The van der Waals surface area contributed by atoms with Crippen LogP contribution in [0.3, 0.4) is 0 Å². The molecule has 1 aliphatic rings. The number of nitrogens with zero attached hydrogens (tertiary/aromatic N) is 3. The van der Waals surface area contributed by atoms with Crippen LogP contribution in [0, 0.1) is 12.7 Å². The van der Waals surface area contributed by atoms with Crippen molar-refractivity contribution < 1.29 is 17.6 Å². The molecule has 1 heterocycles. The molecule has 1 N–H and O–H groups in total. The average molecular weight is 491 g/mol. The minimum Gasteiger partial charge on any atom is -0.325 e. The Balaban J connectivity index is 1.58. The van der Waals surface area contributed by atoms with E-state index < -0.39 is 10.0 Å². The highest BCUT2D eigenvalue weighted by Gasteiger charge is 2.23. The van der Waals surface area contributed by atoms with Crippen molar-refractivity contribution >= 4 is 21.6 Å². The zero-order valence-corrected chi connectivity index (χ0v) is 21.1. The van der Waals surface area contributed by atoms with Crippen molar-refractivity contribution in [2.45, 2.75) is 38.6 Å². The van der Waals surface area contributed by atoms with Gasteiger partial charge in [0.25, 0.3) is 0 Å². The third-order valence-electron chi connectivity index (χ3n) is 6.19. The summed E-state index contributed by atoms with van der Waals surface area (Å²) in [7, 11) is -3.60. The fourth-order valence-electron chi connectivity index (χ4n) is 4.19. The summed E-state index contributed by atoms with van der Waals surface area (Å²) in [4.78, 5) is 17.4. The molecule has 1 aliphatic heterocycles. The van der Waals surface area contributed by atoms with Crippen molar-refractivity contribution in [2.24, 2.45) is 0 Å². The fraction of sp³-hybridized carbons (Fsp3) is 0.480. The Labute approximate surface area is 202 Å². The predicted octanol–water partition coefficient (Wildman–Crippen LogP) is 3.31. The summed E-state index contributed by atoms with van der Waals surface area (Å²) in [6, 6.07) is 11.4. The quantitative estimate of drug-likeness (QED) is 0.584. The summed E-state index contributed by atoms with van der Waals surface area (Å²) in [6.45, 7) is 10.5. The van der Waals surface area contributed by atoms with Gasteiger partial charge in [0.15, 0.2) is 0 Å². The Morgan fingerprint density at radius 1 is 1.00 bits per heavy atom. The van der Waals surface area contributed by atoms with E-state index in [1.165, 1.54) is 16.4 Å². The van der Waals surface area contributed by atoms with E-state index in [4.69, 9.17) is 0 Å². The summed E-state index contributed by atoms with van der Waals surface area (Å²) in [6.07, 6.45) is 0.936. The molecule has 2 aromatic carbocycles. The molecule has 0 aromatic heterocycles. The molecule has 34 heavy (non-hydrogen) atoms. The van der Waals surface area contributed by atoms with Gasteiger partial charge in [0.05, 0.1) is 11.4 Å². The van der Waals surface area contributed by atoms with Crippen LogP contribution in [0.4, 0.5) is 10.1 Å². The van der Waals surface area contributed by atoms with Gasteiger partial charge in [0, 0.05) is 38.4 Å². The first kappa shape index (κ1) is 26.3. The molecule has 2 aromatic rings. The van der Waals surface area contributed by atoms with Gasteiger partial charge in [0.2, 0.25) is 15.9 Å². The van der Waals surface area contributed by atoms with Crippen LogP contribution in [0.5, 0.6) is 0 Å². The third-order valence-corrected chi connectivity index (χ3v) is 8.24. The summed E-state index contributed by atoms with van der Waals surface area (Å²) >= 11 is 0. The van der Waals surface area contributed by atoms with Crippen LogP contribution in [0.15, 0.2) is 47.4 Å². The number of aryl methyl sites for hydroxylation is 1. The number of hydrogen-bond donors (Lipinski definition) is 1. The molecule has 9 heteroatoms. The molecule has 1 amide bonds. The first-order chi connectivity index (χ1) is 16.2. The van der Waals surface area contributed by atoms with Crippen LogP contribution >= 0.6 is 0 Å². The number of hydrogen-bond acceptors (Lipinski definition) is 5. The smallest absolute Gasteiger partial charge is 0.243 e. The van der Waals surface area contributed by atoms with Gasteiger partial charge in [-0.2, -0.15) is 4.31 Å². The molecule has 0 aliphatic carbocycles. The van der Waals surface area contributed by atoms with Crippen LogP contribution in [0.1, 0.15) is 31.4 Å². The average Bonchev–Trinajstić information content (AvgIpc) is 3.02. The SMILES string of the molecule is CCN(CC)S(=O)(=O)c1ccc(C)c(NC(=O)CN2CCCN(Cc3ccc(F)cc3)CC2)c1. The number of nitrogens with one attached hydrogen (secondary N) is 1. The highest BCUT2D eigenvalue weighted by atomic mass is 32.2. The highest BCUT2D eigenvalue weighted by Crippen LogP contribution is 2.23. The second kappa shape index (κ2) is 11.9. The molecule has 3 rings (SSSR count). The molecule has 1 saturated heterocycles. The second-order valence-corrected chi connectivity index (χ2v) is 10.6. The maximum atomic E-state index is 13.1. The molecule has 0 unspecified atom stereocenters. The van der Waals surface area contributed by atoms with Gasteiger partial charge in [-0.25, -0.2) is 12.8 Å². The van der Waals surface area contributed by atoms with E-state index in [2.05, 4.69) is 15.1 Å². The summed E-state index contributed by atoms with van der Waals surface area (Å²) in [5.74, 6) is -0.393. The molecular weight excluding hydrogens is 455 g/mol. The number of carbonyl (C=O) groups excluding carboxylic acids is 1. The lowest BCUT2D eigenvalue weighted by Crippen LogP contribution is -2.36. The fourth-order valence-corrected chi connectivity index (χ4v) is 5.68. The first-order valence-corrected chi connectivity index (χ1v) is 13.3. The summed E-state index contributed by atoms with van der Waals surface area (Å²) in [5, 5.41) is 2.91. The van der Waals surface area contributed by atoms with Crippen LogP contribution in [0.2, 0.25) is 0 Å². The van der Waals surface area contributed by atoms with E-state index in [0.717, 1.165) is 50.3 Å². The number of halogens is 1. The van der Waals surface area contributed by atoms with E-state index in [9.17, 15) is 17.6 Å². The minimum absolute atomic E-state index is 0.160. The lowest BCUT2D eigenvalue weighted by molar-refractivity contribution is -0.117. The van der Waals surface area contributed by atoms with Crippen LogP contribution in [-0.2, 0) is 21.4 Å². The van der Waals surface area contributed by atoms with E-state index in [1.54, 1.807) is 32.0 Å². The Morgan fingerprint density at radius 2 is 1.65 bits per heavy atom. The Hall–Kier alpha value is -2.33. The lowest BCUT2D eigenvalue weighted by atomic mass is 10.2. The van der Waals surface area contributed by atoms with Gasteiger partial charge >= 0.3 is 0 Å². The normalized spacial score (nSPS) is 15.9. The zero-order valence-electron chi connectivity index (χ0n) is 20.3. The van der Waals surface area contributed by atoms with E-state index in [1.807, 2.05) is 19.1 Å². The Morgan fingerprint density at radius 3 is 2.32 bits per heavy atom. The maximum absolute atomic E-state index is 13.1. The number of benzene rings is 2. The molecular formula is C25H35FN4O3S. The van der Waals surface area contributed by atoms with Crippen molar-refractivity contribution in [2.75, 3.05) is 51.1 Å². The van der Waals surface area contributed by atoms with Gasteiger partial charge in [0.1, 0.15) is 5.82 Å². The van der Waals surface area contributed by atoms with Crippen LogP contribution in [-0.4, -0.2) is 74.2 Å². The van der Waals surface area contributed by atoms with Crippen molar-refractivity contribution in [3.63, 3.8) is 0 Å². The van der Waals surface area contributed by atoms with Crippen LogP contribution < -0.4 is 5.32 Å².